The van der Waals surface area contributed by atoms with E-state index in [-0.39, 0.29) is 12.0 Å². The summed E-state index contributed by atoms with van der Waals surface area (Å²) in [5, 5.41) is 16.6. The summed E-state index contributed by atoms with van der Waals surface area (Å²) < 4.78 is 5.50. The molecule has 3 N–H and O–H groups in total. The summed E-state index contributed by atoms with van der Waals surface area (Å²) in [6.07, 6.45) is 1.71. The summed E-state index contributed by atoms with van der Waals surface area (Å²) in [7, 11) is 1.75. The van der Waals surface area contributed by atoms with Crippen LogP contribution in [0.25, 0.3) is 0 Å². The Balaban J connectivity index is 1.83. The zero-order valence-electron chi connectivity index (χ0n) is 12.9. The van der Waals surface area contributed by atoms with Crippen molar-refractivity contribution in [3.05, 3.63) is 34.9 Å². The van der Waals surface area contributed by atoms with Crippen LogP contribution in [0.15, 0.2) is 29.3 Å². The Bertz CT molecular complexity index is 485. The van der Waals surface area contributed by atoms with E-state index >= 15 is 0 Å². The number of nitrogens with zero attached hydrogens (tertiary/aromatic N) is 1. The molecule has 1 aromatic carbocycles. The molecule has 1 aromatic rings. The van der Waals surface area contributed by atoms with Gasteiger partial charge in [-0.05, 0) is 30.5 Å². The van der Waals surface area contributed by atoms with Gasteiger partial charge < -0.3 is 20.5 Å². The number of hydrogen-bond donors (Lipinski definition) is 3. The molecule has 0 saturated carbocycles. The molecule has 1 aliphatic rings. The van der Waals surface area contributed by atoms with Gasteiger partial charge in [0.2, 0.25) is 0 Å². The van der Waals surface area contributed by atoms with Gasteiger partial charge in [-0.15, -0.1) is 0 Å². The average Bonchev–Trinajstić information content (AvgIpc) is 2.98. The van der Waals surface area contributed by atoms with E-state index in [0.717, 1.165) is 42.5 Å². The van der Waals surface area contributed by atoms with Crippen LogP contribution in [0.5, 0.6) is 0 Å². The maximum Gasteiger partial charge on any atom is 0.191 e. The third kappa shape index (κ3) is 4.87. The van der Waals surface area contributed by atoms with Crippen molar-refractivity contribution >= 4 is 17.6 Å². The van der Waals surface area contributed by atoms with E-state index in [1.54, 1.807) is 7.05 Å². The Labute approximate surface area is 136 Å². The highest BCUT2D eigenvalue weighted by Crippen LogP contribution is 2.31. The first kappa shape index (κ1) is 17.1. The second-order valence-corrected chi connectivity index (χ2v) is 6.12. The van der Waals surface area contributed by atoms with E-state index in [9.17, 15) is 5.11 Å². The van der Waals surface area contributed by atoms with Crippen molar-refractivity contribution in [2.45, 2.75) is 19.4 Å². The Morgan fingerprint density at radius 3 is 2.73 bits per heavy atom. The van der Waals surface area contributed by atoms with Gasteiger partial charge in [0.05, 0.1) is 6.61 Å². The first-order valence-corrected chi connectivity index (χ1v) is 7.93. The summed E-state index contributed by atoms with van der Waals surface area (Å²) in [6, 6.07) is 7.73. The minimum absolute atomic E-state index is 0.00659. The molecule has 0 bridgehead atoms. The zero-order chi connectivity index (χ0) is 15.8. The van der Waals surface area contributed by atoms with Crippen molar-refractivity contribution in [1.29, 1.82) is 0 Å². The van der Waals surface area contributed by atoms with Gasteiger partial charge in [-0.1, -0.05) is 23.7 Å². The summed E-state index contributed by atoms with van der Waals surface area (Å²) in [5.74, 6) is 0.749. The Kier molecular flexibility index (Phi) is 6.49. The van der Waals surface area contributed by atoms with E-state index in [1.165, 1.54) is 0 Å². The molecule has 0 radical (unpaired) electrons. The summed E-state index contributed by atoms with van der Waals surface area (Å²) in [5.41, 5.74) is 1.15. The fourth-order valence-corrected chi connectivity index (χ4v) is 2.72. The van der Waals surface area contributed by atoms with Gasteiger partial charge in [-0.3, -0.25) is 4.99 Å². The van der Waals surface area contributed by atoms with Crippen LogP contribution < -0.4 is 10.6 Å². The van der Waals surface area contributed by atoms with E-state index < -0.39 is 0 Å². The molecule has 5 nitrogen and oxygen atoms in total. The molecule has 0 spiro atoms. The maximum absolute atomic E-state index is 9.25. The van der Waals surface area contributed by atoms with Crippen LogP contribution in [0.3, 0.4) is 0 Å². The lowest BCUT2D eigenvalue weighted by Gasteiger charge is -2.27. The fourth-order valence-electron chi connectivity index (χ4n) is 2.59. The molecule has 6 heteroatoms. The average molecular weight is 326 g/mol. The zero-order valence-corrected chi connectivity index (χ0v) is 13.7. The van der Waals surface area contributed by atoms with E-state index in [2.05, 4.69) is 15.6 Å². The summed E-state index contributed by atoms with van der Waals surface area (Å²) in [4.78, 5) is 4.24. The first-order valence-electron chi connectivity index (χ1n) is 7.55. The lowest BCUT2D eigenvalue weighted by molar-refractivity contribution is 0.127. The number of benzene rings is 1. The number of guanidine groups is 1. The minimum atomic E-state index is 0.00659. The van der Waals surface area contributed by atoms with Crippen LogP contribution in [0, 0.1) is 5.41 Å². The molecule has 2 rings (SSSR count). The normalized spacial score (nSPS) is 21.9. The molecule has 1 unspecified atom stereocenters. The SMILES string of the molecule is CN=C(NCc1ccc(Cl)cc1)NCC1(CCO)CCOC1. The number of nitrogens with one attached hydrogen (secondary N) is 2. The van der Waals surface area contributed by atoms with Crippen LogP contribution >= 0.6 is 11.6 Å². The number of ether oxygens (including phenoxy) is 1. The van der Waals surface area contributed by atoms with Crippen LogP contribution in [-0.2, 0) is 11.3 Å². The highest BCUT2D eigenvalue weighted by atomic mass is 35.5. The van der Waals surface area contributed by atoms with Crippen molar-refractivity contribution in [2.24, 2.45) is 10.4 Å². The quantitative estimate of drug-likeness (QED) is 0.551. The topological polar surface area (TPSA) is 65.9 Å². The van der Waals surface area contributed by atoms with Crippen LogP contribution in [0.4, 0.5) is 0 Å². The highest BCUT2D eigenvalue weighted by molar-refractivity contribution is 6.30. The molecule has 0 aliphatic carbocycles. The monoisotopic (exact) mass is 325 g/mol. The number of aliphatic hydroxyl groups excluding tert-OH is 1. The van der Waals surface area contributed by atoms with E-state index in [4.69, 9.17) is 16.3 Å². The summed E-state index contributed by atoms with van der Waals surface area (Å²) in [6.45, 7) is 3.06. The molecule has 0 aromatic heterocycles. The van der Waals surface area contributed by atoms with Crippen molar-refractivity contribution in [3.8, 4) is 0 Å². The number of aliphatic imine (C=N–C) groups is 1. The Morgan fingerprint density at radius 1 is 1.36 bits per heavy atom. The predicted octanol–water partition coefficient (Wildman–Crippen LogP) is 1.79. The molecule has 1 fully saturated rings. The second kappa shape index (κ2) is 8.36. The van der Waals surface area contributed by atoms with Crippen LogP contribution in [-0.4, -0.2) is 44.5 Å². The molecule has 1 saturated heterocycles. The van der Waals surface area contributed by atoms with Crippen molar-refractivity contribution in [3.63, 3.8) is 0 Å². The molecule has 122 valence electrons. The third-order valence-corrected chi connectivity index (χ3v) is 4.31. The predicted molar refractivity (Wildman–Crippen MR) is 89.2 cm³/mol. The van der Waals surface area contributed by atoms with Crippen LogP contribution in [0.1, 0.15) is 18.4 Å². The molecular formula is C16H24ClN3O2. The second-order valence-electron chi connectivity index (χ2n) is 5.68. The number of rotatable bonds is 6. The van der Waals surface area contributed by atoms with Gasteiger partial charge in [-0.2, -0.15) is 0 Å². The standard InChI is InChI=1S/C16H24ClN3O2/c1-18-15(19-10-13-2-4-14(17)5-3-13)20-11-16(6-8-21)7-9-22-12-16/h2-5,21H,6-12H2,1H3,(H2,18,19,20). The summed E-state index contributed by atoms with van der Waals surface area (Å²) >= 11 is 5.88. The van der Waals surface area contributed by atoms with Gasteiger partial charge in [0.1, 0.15) is 0 Å². The van der Waals surface area contributed by atoms with Gasteiger partial charge in [0.15, 0.2) is 5.96 Å². The number of aliphatic hydroxyl groups is 1. The molecule has 1 heterocycles. The highest BCUT2D eigenvalue weighted by Gasteiger charge is 2.34. The van der Waals surface area contributed by atoms with Gasteiger partial charge in [-0.25, -0.2) is 0 Å². The smallest absolute Gasteiger partial charge is 0.191 e. The van der Waals surface area contributed by atoms with Crippen LogP contribution in [0.2, 0.25) is 5.02 Å². The fraction of sp³-hybridized carbons (Fsp3) is 0.562. The Hall–Kier alpha value is -1.30. The Morgan fingerprint density at radius 2 is 2.14 bits per heavy atom. The van der Waals surface area contributed by atoms with Gasteiger partial charge >= 0.3 is 0 Å². The molecule has 22 heavy (non-hydrogen) atoms. The van der Waals surface area contributed by atoms with Gasteiger partial charge in [0.25, 0.3) is 0 Å². The van der Waals surface area contributed by atoms with Crippen molar-refractivity contribution in [2.75, 3.05) is 33.4 Å². The van der Waals surface area contributed by atoms with Crippen molar-refractivity contribution in [1.82, 2.24) is 10.6 Å². The third-order valence-electron chi connectivity index (χ3n) is 4.05. The molecule has 0 amide bonds. The lowest BCUT2D eigenvalue weighted by atomic mass is 9.84. The maximum atomic E-state index is 9.25. The molecule has 1 atom stereocenters. The lowest BCUT2D eigenvalue weighted by Crippen LogP contribution is -2.44. The van der Waals surface area contributed by atoms with Crippen molar-refractivity contribution < 1.29 is 9.84 Å². The molecule has 1 aliphatic heterocycles. The number of halogens is 1. The molecular weight excluding hydrogens is 302 g/mol. The number of hydrogen-bond acceptors (Lipinski definition) is 3. The largest absolute Gasteiger partial charge is 0.396 e. The first-order chi connectivity index (χ1) is 10.7. The minimum Gasteiger partial charge on any atom is -0.396 e. The van der Waals surface area contributed by atoms with E-state index in [1.807, 2.05) is 24.3 Å². The van der Waals surface area contributed by atoms with E-state index in [0.29, 0.717) is 13.2 Å². The van der Waals surface area contributed by atoms with Gasteiger partial charge in [0, 0.05) is 43.8 Å².